The Morgan fingerprint density at radius 2 is 1.91 bits per heavy atom. The molecule has 1 aliphatic rings. The van der Waals surface area contributed by atoms with Gasteiger partial charge in [0.15, 0.2) is 18.1 Å². The highest BCUT2D eigenvalue weighted by Gasteiger charge is 2.20. The molecule has 1 aliphatic heterocycles. The van der Waals surface area contributed by atoms with E-state index in [0.717, 1.165) is 9.32 Å². The van der Waals surface area contributed by atoms with Crippen LogP contribution in [0.5, 0.6) is 17.2 Å². The fourth-order valence-electron chi connectivity index (χ4n) is 2.12. The van der Waals surface area contributed by atoms with E-state index in [9.17, 15) is 4.79 Å². The van der Waals surface area contributed by atoms with Crippen LogP contribution in [0.4, 0.5) is 0 Å². The quantitative estimate of drug-likeness (QED) is 0.749. The van der Waals surface area contributed by atoms with Gasteiger partial charge in [0.05, 0.1) is 6.54 Å². The van der Waals surface area contributed by atoms with Crippen molar-refractivity contribution >= 4 is 28.5 Å². The number of amides is 1. The fraction of sp³-hybridized carbons (Fsp3) is 0.235. The third kappa shape index (κ3) is 4.51. The molecule has 1 N–H and O–H groups in total. The average Bonchev–Trinajstić information content (AvgIpc) is 2.59. The van der Waals surface area contributed by atoms with E-state index in [0.29, 0.717) is 24.7 Å². The minimum Gasteiger partial charge on any atom is -0.486 e. The molecule has 6 heteroatoms. The van der Waals surface area contributed by atoms with E-state index in [4.69, 9.17) is 14.2 Å². The molecule has 0 bridgehead atoms. The molecule has 2 aromatic rings. The molecule has 2 aromatic carbocycles. The van der Waals surface area contributed by atoms with Crippen LogP contribution in [0, 0.1) is 3.57 Å². The maximum Gasteiger partial charge on any atom is 0.258 e. The van der Waals surface area contributed by atoms with Crippen molar-refractivity contribution in [3.8, 4) is 17.2 Å². The lowest BCUT2D eigenvalue weighted by Gasteiger charge is -2.26. The Labute approximate surface area is 148 Å². The molecular weight excluding hydrogens is 409 g/mol. The molecule has 0 unspecified atom stereocenters. The molecule has 5 nitrogen and oxygen atoms in total. The highest BCUT2D eigenvalue weighted by Crippen LogP contribution is 2.30. The Kier molecular flexibility index (Phi) is 5.22. The molecule has 0 aromatic heterocycles. The van der Waals surface area contributed by atoms with Crippen molar-refractivity contribution in [2.45, 2.75) is 6.10 Å². The summed E-state index contributed by atoms with van der Waals surface area (Å²) in [4.78, 5) is 11.8. The number of nitrogens with one attached hydrogen (secondary N) is 1. The SMILES string of the molecule is O=C(COc1ccc(I)cc1)NC[C@@H]1COc2ccccc2O1. The molecule has 1 heterocycles. The number of rotatable bonds is 5. The second kappa shape index (κ2) is 7.54. The average molecular weight is 425 g/mol. The van der Waals surface area contributed by atoms with Crippen LogP contribution in [0.3, 0.4) is 0 Å². The summed E-state index contributed by atoms with van der Waals surface area (Å²) in [5.74, 6) is 1.92. The van der Waals surface area contributed by atoms with Crippen LogP contribution in [0.25, 0.3) is 0 Å². The predicted octanol–water partition coefficient (Wildman–Crippen LogP) is 2.63. The smallest absolute Gasteiger partial charge is 0.258 e. The van der Waals surface area contributed by atoms with Gasteiger partial charge in [-0.1, -0.05) is 12.1 Å². The van der Waals surface area contributed by atoms with Gasteiger partial charge < -0.3 is 19.5 Å². The molecule has 3 rings (SSSR count). The van der Waals surface area contributed by atoms with Crippen LogP contribution >= 0.6 is 22.6 Å². The Bertz CT molecular complexity index is 675. The Morgan fingerprint density at radius 3 is 2.70 bits per heavy atom. The zero-order chi connectivity index (χ0) is 16.1. The molecule has 0 saturated heterocycles. The molecule has 1 atom stereocenters. The molecule has 0 aliphatic carbocycles. The van der Waals surface area contributed by atoms with Crippen LogP contribution in [0.1, 0.15) is 0 Å². The Hall–Kier alpha value is -1.96. The third-order valence-electron chi connectivity index (χ3n) is 3.28. The summed E-state index contributed by atoms with van der Waals surface area (Å²) in [6.07, 6.45) is -0.202. The van der Waals surface area contributed by atoms with E-state index in [1.807, 2.05) is 48.5 Å². The summed E-state index contributed by atoms with van der Waals surface area (Å²) < 4.78 is 17.9. The van der Waals surface area contributed by atoms with Gasteiger partial charge in [-0.15, -0.1) is 0 Å². The zero-order valence-corrected chi connectivity index (χ0v) is 14.5. The van der Waals surface area contributed by atoms with Crippen molar-refractivity contribution in [3.05, 3.63) is 52.1 Å². The standard InChI is InChI=1S/C17H16INO4/c18-12-5-7-13(8-6-12)21-11-17(20)19-9-14-10-22-15-3-1-2-4-16(15)23-14/h1-8,14H,9-11H2,(H,19,20)/t14-/m1/s1. The van der Waals surface area contributed by atoms with Gasteiger partial charge in [0.1, 0.15) is 18.5 Å². The van der Waals surface area contributed by atoms with Crippen LogP contribution < -0.4 is 19.5 Å². The summed E-state index contributed by atoms with van der Waals surface area (Å²) in [6.45, 7) is 0.767. The summed E-state index contributed by atoms with van der Waals surface area (Å²) in [6, 6.07) is 15.0. The fourth-order valence-corrected chi connectivity index (χ4v) is 2.48. The third-order valence-corrected chi connectivity index (χ3v) is 4.00. The normalized spacial score (nSPS) is 15.8. The van der Waals surface area contributed by atoms with Gasteiger partial charge in [-0.3, -0.25) is 4.79 Å². The number of halogens is 1. The van der Waals surface area contributed by atoms with Crippen molar-refractivity contribution in [2.75, 3.05) is 19.8 Å². The topological polar surface area (TPSA) is 56.8 Å². The lowest BCUT2D eigenvalue weighted by atomic mass is 10.2. The number of carbonyl (C=O) groups is 1. The van der Waals surface area contributed by atoms with Crippen LogP contribution in [-0.4, -0.2) is 31.8 Å². The van der Waals surface area contributed by atoms with Crippen molar-refractivity contribution in [1.29, 1.82) is 0 Å². The number of carbonyl (C=O) groups excluding carboxylic acids is 1. The molecule has 1 amide bonds. The minimum atomic E-state index is -0.202. The van der Waals surface area contributed by atoms with Gasteiger partial charge in [0.25, 0.3) is 5.91 Å². The van der Waals surface area contributed by atoms with Crippen LogP contribution in [0.15, 0.2) is 48.5 Å². The van der Waals surface area contributed by atoms with E-state index >= 15 is 0 Å². The monoisotopic (exact) mass is 425 g/mol. The van der Waals surface area contributed by atoms with Gasteiger partial charge >= 0.3 is 0 Å². The highest BCUT2D eigenvalue weighted by molar-refractivity contribution is 14.1. The summed E-state index contributed by atoms with van der Waals surface area (Å²) in [5, 5.41) is 2.79. The molecule has 120 valence electrons. The van der Waals surface area contributed by atoms with Crippen molar-refractivity contribution < 1.29 is 19.0 Å². The first-order valence-corrected chi connectivity index (χ1v) is 8.32. The van der Waals surface area contributed by atoms with Crippen molar-refractivity contribution in [2.24, 2.45) is 0 Å². The van der Waals surface area contributed by atoms with Crippen molar-refractivity contribution in [1.82, 2.24) is 5.32 Å². The largest absolute Gasteiger partial charge is 0.486 e. The number of hydrogen-bond acceptors (Lipinski definition) is 4. The van der Waals surface area contributed by atoms with Crippen LogP contribution in [0.2, 0.25) is 0 Å². The molecular formula is C17H16INO4. The molecule has 23 heavy (non-hydrogen) atoms. The zero-order valence-electron chi connectivity index (χ0n) is 12.3. The predicted molar refractivity (Wildman–Crippen MR) is 94.0 cm³/mol. The molecule has 0 spiro atoms. The van der Waals surface area contributed by atoms with E-state index in [1.165, 1.54) is 0 Å². The summed E-state index contributed by atoms with van der Waals surface area (Å²) in [5.41, 5.74) is 0. The highest BCUT2D eigenvalue weighted by atomic mass is 127. The first-order valence-electron chi connectivity index (χ1n) is 7.24. The Morgan fingerprint density at radius 1 is 1.17 bits per heavy atom. The van der Waals surface area contributed by atoms with Gasteiger partial charge in [-0.2, -0.15) is 0 Å². The molecule has 0 saturated carbocycles. The molecule has 0 radical (unpaired) electrons. The lowest BCUT2D eigenvalue weighted by molar-refractivity contribution is -0.123. The number of benzene rings is 2. The van der Waals surface area contributed by atoms with Crippen molar-refractivity contribution in [3.63, 3.8) is 0 Å². The van der Waals surface area contributed by atoms with E-state index in [-0.39, 0.29) is 18.6 Å². The first-order chi connectivity index (χ1) is 11.2. The lowest BCUT2D eigenvalue weighted by Crippen LogP contribution is -2.42. The van der Waals surface area contributed by atoms with Gasteiger partial charge in [0, 0.05) is 3.57 Å². The summed E-state index contributed by atoms with van der Waals surface area (Å²) in [7, 11) is 0. The second-order valence-electron chi connectivity index (χ2n) is 5.04. The summed E-state index contributed by atoms with van der Waals surface area (Å²) >= 11 is 2.22. The van der Waals surface area contributed by atoms with Gasteiger partial charge in [0.2, 0.25) is 0 Å². The molecule has 0 fully saturated rings. The number of para-hydroxylation sites is 2. The maximum atomic E-state index is 11.8. The minimum absolute atomic E-state index is 0.0231. The Balaban J connectivity index is 1.42. The van der Waals surface area contributed by atoms with E-state index in [2.05, 4.69) is 27.9 Å². The first kappa shape index (κ1) is 15.9. The number of fused-ring (bicyclic) bond motifs is 1. The number of ether oxygens (including phenoxy) is 3. The maximum absolute atomic E-state index is 11.8. The number of hydrogen-bond donors (Lipinski definition) is 1. The van der Waals surface area contributed by atoms with E-state index in [1.54, 1.807) is 0 Å². The van der Waals surface area contributed by atoms with Gasteiger partial charge in [-0.05, 0) is 59.0 Å². The van der Waals surface area contributed by atoms with Gasteiger partial charge in [-0.25, -0.2) is 0 Å². The van der Waals surface area contributed by atoms with Crippen LogP contribution in [-0.2, 0) is 4.79 Å². The second-order valence-corrected chi connectivity index (χ2v) is 6.29. The van der Waals surface area contributed by atoms with E-state index < -0.39 is 0 Å².